The summed E-state index contributed by atoms with van der Waals surface area (Å²) in [7, 11) is 1.61. The zero-order valence-corrected chi connectivity index (χ0v) is 9.66. The van der Waals surface area contributed by atoms with Crippen LogP contribution in [0.2, 0.25) is 0 Å². The van der Waals surface area contributed by atoms with E-state index in [0.29, 0.717) is 32.0 Å². The molecule has 0 aromatic heterocycles. The largest absolute Gasteiger partial charge is 0.488 e. The predicted molar refractivity (Wildman–Crippen MR) is 59.3 cm³/mol. The van der Waals surface area contributed by atoms with Gasteiger partial charge in [0.25, 0.3) is 0 Å². The van der Waals surface area contributed by atoms with Gasteiger partial charge in [0, 0.05) is 7.11 Å². The molecule has 3 nitrogen and oxygen atoms in total. The molecule has 0 atom stereocenters. The van der Waals surface area contributed by atoms with Crippen LogP contribution < -0.4 is 4.74 Å². The van der Waals surface area contributed by atoms with Crippen LogP contribution in [0.15, 0.2) is 18.2 Å². The summed E-state index contributed by atoms with van der Waals surface area (Å²) in [4.78, 5) is 0. The quantitative estimate of drug-likeness (QED) is 0.669. The van der Waals surface area contributed by atoms with E-state index in [9.17, 15) is 4.39 Å². The molecule has 0 unspecified atom stereocenters. The van der Waals surface area contributed by atoms with Gasteiger partial charge in [0.15, 0.2) is 11.6 Å². The van der Waals surface area contributed by atoms with E-state index >= 15 is 0 Å². The average molecular weight is 228 g/mol. The van der Waals surface area contributed by atoms with E-state index < -0.39 is 0 Å². The van der Waals surface area contributed by atoms with Crippen molar-refractivity contribution in [3.63, 3.8) is 0 Å². The van der Waals surface area contributed by atoms with Crippen molar-refractivity contribution < 1.29 is 18.6 Å². The maximum absolute atomic E-state index is 13.4. The Hall–Kier alpha value is -1.13. The molecule has 0 aliphatic heterocycles. The molecule has 90 valence electrons. The number of benzene rings is 1. The molecule has 0 radical (unpaired) electrons. The molecule has 4 heteroatoms. The zero-order valence-electron chi connectivity index (χ0n) is 9.66. The summed E-state index contributed by atoms with van der Waals surface area (Å²) in [6, 6.07) is 5.08. The van der Waals surface area contributed by atoms with Gasteiger partial charge < -0.3 is 14.2 Å². The first-order valence-electron chi connectivity index (χ1n) is 5.20. The molecule has 0 aliphatic rings. The summed E-state index contributed by atoms with van der Waals surface area (Å²) in [5.74, 6) is -0.0327. The summed E-state index contributed by atoms with van der Waals surface area (Å²) >= 11 is 0. The van der Waals surface area contributed by atoms with Crippen molar-refractivity contribution in [1.82, 2.24) is 0 Å². The highest BCUT2D eigenvalue weighted by Crippen LogP contribution is 2.19. The SMILES string of the molecule is COCCOCCOc1cccc(C)c1F. The Balaban J connectivity index is 2.24. The molecular formula is C12H17FO3. The second-order valence-electron chi connectivity index (χ2n) is 3.34. The molecule has 16 heavy (non-hydrogen) atoms. The van der Waals surface area contributed by atoms with E-state index in [1.165, 1.54) is 0 Å². The van der Waals surface area contributed by atoms with Gasteiger partial charge in [-0.05, 0) is 18.6 Å². The normalized spacial score (nSPS) is 10.4. The highest BCUT2D eigenvalue weighted by atomic mass is 19.1. The highest BCUT2D eigenvalue weighted by molar-refractivity contribution is 5.29. The Morgan fingerprint density at radius 3 is 2.62 bits per heavy atom. The lowest BCUT2D eigenvalue weighted by Crippen LogP contribution is -2.10. The van der Waals surface area contributed by atoms with E-state index in [1.54, 1.807) is 32.2 Å². The molecule has 1 aromatic rings. The van der Waals surface area contributed by atoms with Crippen LogP contribution in [-0.2, 0) is 9.47 Å². The Bertz CT molecular complexity index is 315. The summed E-state index contributed by atoms with van der Waals surface area (Å²) < 4.78 is 28.7. The Labute approximate surface area is 95.1 Å². The van der Waals surface area contributed by atoms with Crippen molar-refractivity contribution in [2.75, 3.05) is 33.5 Å². The van der Waals surface area contributed by atoms with E-state index in [4.69, 9.17) is 14.2 Å². The first-order chi connectivity index (χ1) is 7.75. The minimum Gasteiger partial charge on any atom is -0.488 e. The van der Waals surface area contributed by atoms with Crippen LogP contribution in [0.3, 0.4) is 0 Å². The summed E-state index contributed by atoms with van der Waals surface area (Å²) in [6.07, 6.45) is 0. The Morgan fingerprint density at radius 2 is 1.88 bits per heavy atom. The van der Waals surface area contributed by atoms with Crippen molar-refractivity contribution in [3.05, 3.63) is 29.6 Å². The zero-order chi connectivity index (χ0) is 11.8. The number of aryl methyl sites for hydroxylation is 1. The number of hydrogen-bond acceptors (Lipinski definition) is 3. The van der Waals surface area contributed by atoms with Crippen molar-refractivity contribution in [1.29, 1.82) is 0 Å². The van der Waals surface area contributed by atoms with Gasteiger partial charge in [0.05, 0.1) is 19.8 Å². The topological polar surface area (TPSA) is 27.7 Å². The molecule has 1 aromatic carbocycles. The molecule has 0 fully saturated rings. The molecule has 0 amide bonds. The molecular weight excluding hydrogens is 211 g/mol. The van der Waals surface area contributed by atoms with Gasteiger partial charge in [0.1, 0.15) is 6.61 Å². The lowest BCUT2D eigenvalue weighted by molar-refractivity contribution is 0.0538. The van der Waals surface area contributed by atoms with Crippen LogP contribution in [0.5, 0.6) is 5.75 Å². The average Bonchev–Trinajstić information content (AvgIpc) is 2.29. The standard InChI is InChI=1S/C12H17FO3/c1-10-4-3-5-11(12(10)13)16-9-8-15-7-6-14-2/h3-5H,6-9H2,1-2H3. The van der Waals surface area contributed by atoms with Crippen LogP contribution in [-0.4, -0.2) is 33.5 Å². The second-order valence-corrected chi connectivity index (χ2v) is 3.34. The lowest BCUT2D eigenvalue weighted by atomic mass is 10.2. The smallest absolute Gasteiger partial charge is 0.167 e. The van der Waals surface area contributed by atoms with E-state index in [-0.39, 0.29) is 11.6 Å². The fourth-order valence-corrected chi connectivity index (χ4v) is 1.19. The van der Waals surface area contributed by atoms with Gasteiger partial charge in [-0.1, -0.05) is 12.1 Å². The minimum absolute atomic E-state index is 0.273. The number of rotatable bonds is 7. The molecule has 0 aliphatic carbocycles. The molecule has 0 saturated heterocycles. The van der Waals surface area contributed by atoms with E-state index in [0.717, 1.165) is 0 Å². The maximum atomic E-state index is 13.4. The van der Waals surface area contributed by atoms with Crippen molar-refractivity contribution in [3.8, 4) is 5.75 Å². The van der Waals surface area contributed by atoms with Crippen LogP contribution in [0, 0.1) is 12.7 Å². The van der Waals surface area contributed by atoms with Crippen LogP contribution >= 0.6 is 0 Å². The molecule has 0 spiro atoms. The first kappa shape index (κ1) is 12.9. The van der Waals surface area contributed by atoms with Crippen LogP contribution in [0.25, 0.3) is 0 Å². The Morgan fingerprint density at radius 1 is 1.12 bits per heavy atom. The molecule has 0 saturated carbocycles. The van der Waals surface area contributed by atoms with Gasteiger partial charge in [-0.2, -0.15) is 0 Å². The third-order valence-electron chi connectivity index (χ3n) is 2.07. The number of hydrogen-bond donors (Lipinski definition) is 0. The van der Waals surface area contributed by atoms with Gasteiger partial charge in [-0.25, -0.2) is 4.39 Å². The van der Waals surface area contributed by atoms with E-state index in [1.807, 2.05) is 0 Å². The van der Waals surface area contributed by atoms with E-state index in [2.05, 4.69) is 0 Å². The fourth-order valence-electron chi connectivity index (χ4n) is 1.19. The Kier molecular flexibility index (Phi) is 5.82. The van der Waals surface area contributed by atoms with Crippen molar-refractivity contribution >= 4 is 0 Å². The second kappa shape index (κ2) is 7.19. The molecule has 0 N–H and O–H groups in total. The lowest BCUT2D eigenvalue weighted by Gasteiger charge is -2.08. The van der Waals surface area contributed by atoms with Crippen LogP contribution in [0.1, 0.15) is 5.56 Å². The van der Waals surface area contributed by atoms with Gasteiger partial charge in [0.2, 0.25) is 0 Å². The monoisotopic (exact) mass is 228 g/mol. The highest BCUT2D eigenvalue weighted by Gasteiger charge is 2.04. The molecule has 1 rings (SSSR count). The van der Waals surface area contributed by atoms with Crippen LogP contribution in [0.4, 0.5) is 4.39 Å². The number of methoxy groups -OCH3 is 1. The van der Waals surface area contributed by atoms with Gasteiger partial charge in [-0.15, -0.1) is 0 Å². The third-order valence-corrected chi connectivity index (χ3v) is 2.07. The summed E-state index contributed by atoms with van der Waals surface area (Å²) in [6.45, 7) is 3.55. The summed E-state index contributed by atoms with van der Waals surface area (Å²) in [5.41, 5.74) is 0.581. The van der Waals surface area contributed by atoms with Crippen molar-refractivity contribution in [2.45, 2.75) is 6.92 Å². The maximum Gasteiger partial charge on any atom is 0.167 e. The molecule has 0 bridgehead atoms. The third kappa shape index (κ3) is 4.16. The minimum atomic E-state index is -0.306. The van der Waals surface area contributed by atoms with Gasteiger partial charge in [-0.3, -0.25) is 0 Å². The fraction of sp³-hybridized carbons (Fsp3) is 0.500. The number of ether oxygens (including phenoxy) is 3. The number of halogens is 1. The predicted octanol–water partition coefficient (Wildman–Crippen LogP) is 2.18. The summed E-state index contributed by atoms with van der Waals surface area (Å²) in [5, 5.41) is 0. The van der Waals surface area contributed by atoms with Gasteiger partial charge >= 0.3 is 0 Å². The van der Waals surface area contributed by atoms with Crippen molar-refractivity contribution in [2.24, 2.45) is 0 Å². The first-order valence-corrected chi connectivity index (χ1v) is 5.20. The molecule has 0 heterocycles.